The lowest BCUT2D eigenvalue weighted by atomic mass is 9.96. The van der Waals surface area contributed by atoms with Crippen LogP contribution in [-0.4, -0.2) is 131 Å². The standard InChI is InChI=1S/C50H53F3N10O4/c1-2-35-38(51)7-3-29-21-34(64)23-36(43(29)35)45-44(53)46-37(24-54-45)47(63-25-31-4-5-32(26-63)55-31)59-49(58-46)67-28-50(13-14-50)27-60-15-11-33(12-16-60)61-17-19-62(20-18-61)41-9-6-30(22-39(41)52)56-40-8-10-42(65)57-48(40)66/h1,3,6-7,9,21-24,31-33,40,55-56,64H,4-5,8,10-20,25-28H2,(H,57,65,66). The van der Waals surface area contributed by atoms with E-state index in [1.807, 2.05) is 0 Å². The number of terminal acetylenes is 1. The quantitative estimate of drug-likeness (QED) is 0.0970. The molecule has 1 saturated carbocycles. The summed E-state index contributed by atoms with van der Waals surface area (Å²) in [5.41, 5.74) is 1.02. The largest absolute Gasteiger partial charge is 0.508 e. The number of imide groups is 1. The molecule has 5 aromatic rings. The highest BCUT2D eigenvalue weighted by molar-refractivity contribution is 6.03. The van der Waals surface area contributed by atoms with Gasteiger partial charge in [0.1, 0.15) is 40.5 Å². The summed E-state index contributed by atoms with van der Waals surface area (Å²) in [6.07, 6.45) is 14.1. The minimum Gasteiger partial charge on any atom is -0.508 e. The maximum atomic E-state index is 17.1. The topological polar surface area (TPSA) is 151 Å². The number of anilines is 3. The fraction of sp³-hybridized carbons (Fsp3) is 0.460. The molecular weight excluding hydrogens is 862 g/mol. The molecule has 3 atom stereocenters. The van der Waals surface area contributed by atoms with Gasteiger partial charge in [-0.1, -0.05) is 12.0 Å². The molecule has 1 aliphatic carbocycles. The van der Waals surface area contributed by atoms with Gasteiger partial charge < -0.3 is 35.2 Å². The Morgan fingerprint density at radius 2 is 1.67 bits per heavy atom. The predicted octanol–water partition coefficient (Wildman–Crippen LogP) is 5.55. The number of pyridine rings is 1. The number of amides is 2. The summed E-state index contributed by atoms with van der Waals surface area (Å²) in [7, 11) is 0. The number of aromatic nitrogens is 3. The van der Waals surface area contributed by atoms with Gasteiger partial charge in [-0.3, -0.25) is 24.8 Å². The van der Waals surface area contributed by atoms with E-state index in [1.165, 1.54) is 30.3 Å². The van der Waals surface area contributed by atoms with E-state index in [1.54, 1.807) is 18.3 Å². The Balaban J connectivity index is 0.748. The van der Waals surface area contributed by atoms with Gasteiger partial charge in [0.25, 0.3) is 0 Å². The fourth-order valence-corrected chi connectivity index (χ4v) is 11.1. The first kappa shape index (κ1) is 43.4. The van der Waals surface area contributed by atoms with Gasteiger partial charge in [0.2, 0.25) is 11.8 Å². The molecule has 67 heavy (non-hydrogen) atoms. The summed E-state index contributed by atoms with van der Waals surface area (Å²) in [4.78, 5) is 47.2. The van der Waals surface area contributed by atoms with Gasteiger partial charge in [0.15, 0.2) is 5.82 Å². The minimum absolute atomic E-state index is 0.0289. The SMILES string of the molecule is C#Cc1c(F)ccc2cc(O)cc(-c3ncc4c(N5CC6CCC(C5)N6)nc(OCC5(CN6CCC(N7CCN(c8ccc(NC9CCC(=O)NC9=O)cc8F)CC7)CC6)CC5)nc4c3F)c12. The highest BCUT2D eigenvalue weighted by Crippen LogP contribution is 2.47. The number of nitrogens with one attached hydrogen (secondary N) is 3. The van der Waals surface area contributed by atoms with Crippen molar-refractivity contribution >= 4 is 50.7 Å². The lowest BCUT2D eigenvalue weighted by molar-refractivity contribution is -0.133. The number of hydrogen-bond acceptors (Lipinski definition) is 13. The highest BCUT2D eigenvalue weighted by Gasteiger charge is 2.46. The number of carbonyl (C=O) groups excluding carboxylic acids is 2. The Morgan fingerprint density at radius 1 is 0.896 bits per heavy atom. The van der Waals surface area contributed by atoms with Crippen LogP contribution in [0.3, 0.4) is 0 Å². The molecule has 5 aliphatic heterocycles. The number of carbonyl (C=O) groups is 2. The number of fused-ring (bicyclic) bond motifs is 4. The molecule has 2 amide bonds. The number of hydrogen-bond donors (Lipinski definition) is 4. The molecule has 348 valence electrons. The van der Waals surface area contributed by atoms with Crippen LogP contribution in [0.2, 0.25) is 0 Å². The number of phenolic OH excluding ortho intramolecular Hbond substituents is 1. The van der Waals surface area contributed by atoms with Crippen LogP contribution in [0.25, 0.3) is 32.9 Å². The van der Waals surface area contributed by atoms with Crippen molar-refractivity contribution in [1.82, 2.24) is 35.4 Å². The average Bonchev–Trinajstić information content (AvgIpc) is 4.01. The molecule has 6 fully saturated rings. The van der Waals surface area contributed by atoms with Crippen LogP contribution < -0.4 is 30.5 Å². The van der Waals surface area contributed by atoms with Gasteiger partial charge in [-0.2, -0.15) is 9.97 Å². The molecule has 11 rings (SSSR count). The predicted molar refractivity (Wildman–Crippen MR) is 249 cm³/mol. The molecule has 0 radical (unpaired) electrons. The van der Waals surface area contributed by atoms with Crippen LogP contribution in [0.1, 0.15) is 56.9 Å². The van der Waals surface area contributed by atoms with Crippen molar-refractivity contribution in [1.29, 1.82) is 0 Å². The number of piperidine rings is 2. The Bertz CT molecular complexity index is 2810. The van der Waals surface area contributed by atoms with E-state index in [9.17, 15) is 14.7 Å². The highest BCUT2D eigenvalue weighted by atomic mass is 19.1. The van der Waals surface area contributed by atoms with Crippen LogP contribution in [0.5, 0.6) is 11.8 Å². The Kier molecular flexibility index (Phi) is 11.3. The van der Waals surface area contributed by atoms with Gasteiger partial charge in [-0.05, 0) is 99.8 Å². The van der Waals surface area contributed by atoms with Crippen molar-refractivity contribution in [2.45, 2.75) is 75.5 Å². The maximum absolute atomic E-state index is 17.1. The smallest absolute Gasteiger partial charge is 0.319 e. The molecule has 7 heterocycles. The first-order valence-electron chi connectivity index (χ1n) is 23.5. The third-order valence-corrected chi connectivity index (χ3v) is 14.9. The molecule has 4 N–H and O–H groups in total. The van der Waals surface area contributed by atoms with Crippen LogP contribution in [0, 0.1) is 35.2 Å². The third-order valence-electron chi connectivity index (χ3n) is 14.9. The van der Waals surface area contributed by atoms with Crippen LogP contribution in [0.4, 0.5) is 30.4 Å². The third kappa shape index (κ3) is 8.55. The number of phenols is 1. The van der Waals surface area contributed by atoms with E-state index in [-0.39, 0.29) is 81.0 Å². The lowest BCUT2D eigenvalue weighted by Crippen LogP contribution is -2.53. The van der Waals surface area contributed by atoms with Crippen molar-refractivity contribution in [3.63, 3.8) is 0 Å². The van der Waals surface area contributed by atoms with Crippen molar-refractivity contribution in [2.24, 2.45) is 5.41 Å². The number of halogens is 3. The second-order valence-corrected chi connectivity index (χ2v) is 19.3. The lowest BCUT2D eigenvalue weighted by Gasteiger charge is -2.44. The van der Waals surface area contributed by atoms with E-state index in [0.717, 1.165) is 71.2 Å². The summed E-state index contributed by atoms with van der Waals surface area (Å²) in [5, 5.41) is 20.9. The van der Waals surface area contributed by atoms with E-state index in [2.05, 4.69) is 46.5 Å². The number of aromatic hydroxyl groups is 1. The molecule has 17 heteroatoms. The fourth-order valence-electron chi connectivity index (χ4n) is 11.1. The van der Waals surface area contributed by atoms with E-state index >= 15 is 13.2 Å². The molecule has 3 aromatic carbocycles. The van der Waals surface area contributed by atoms with Gasteiger partial charge >= 0.3 is 6.01 Å². The van der Waals surface area contributed by atoms with Crippen LogP contribution in [-0.2, 0) is 9.59 Å². The first-order valence-corrected chi connectivity index (χ1v) is 23.5. The molecule has 3 unspecified atom stereocenters. The normalized spacial score (nSPS) is 23.4. The number of ether oxygens (including phenoxy) is 1. The van der Waals surface area contributed by atoms with E-state index in [0.29, 0.717) is 73.2 Å². The zero-order valence-electron chi connectivity index (χ0n) is 37.2. The Labute approximate surface area is 386 Å². The molecule has 0 spiro atoms. The van der Waals surface area contributed by atoms with Crippen molar-refractivity contribution < 1.29 is 32.6 Å². The molecule has 6 aliphatic rings. The van der Waals surface area contributed by atoms with E-state index in [4.69, 9.17) is 21.1 Å². The van der Waals surface area contributed by atoms with Crippen molar-refractivity contribution in [3.8, 4) is 35.4 Å². The summed E-state index contributed by atoms with van der Waals surface area (Å²) in [5.74, 6) is 0.434. The maximum Gasteiger partial charge on any atom is 0.319 e. The number of benzene rings is 3. The second kappa shape index (κ2) is 17.5. The average molecular weight is 915 g/mol. The molecule has 2 bridgehead atoms. The van der Waals surface area contributed by atoms with Gasteiger partial charge in [0, 0.05) is 98.6 Å². The van der Waals surface area contributed by atoms with Crippen molar-refractivity contribution in [2.75, 3.05) is 80.6 Å². The van der Waals surface area contributed by atoms with Crippen LogP contribution >= 0.6 is 0 Å². The molecule has 5 saturated heterocycles. The molecular formula is C50H53F3N10O4. The van der Waals surface area contributed by atoms with Gasteiger partial charge in [-0.15, -0.1) is 6.42 Å². The summed E-state index contributed by atoms with van der Waals surface area (Å²) >= 11 is 0. The monoisotopic (exact) mass is 914 g/mol. The number of piperazine rings is 2. The zero-order valence-corrected chi connectivity index (χ0v) is 37.2. The van der Waals surface area contributed by atoms with E-state index < -0.39 is 17.7 Å². The Hall–Kier alpha value is -6.22. The van der Waals surface area contributed by atoms with Gasteiger partial charge in [-0.25, -0.2) is 13.2 Å². The Morgan fingerprint density at radius 3 is 2.39 bits per heavy atom. The minimum atomic E-state index is -0.740. The second-order valence-electron chi connectivity index (χ2n) is 19.3. The molecule has 2 aromatic heterocycles. The van der Waals surface area contributed by atoms with Crippen LogP contribution in [0.15, 0.2) is 48.7 Å². The van der Waals surface area contributed by atoms with Crippen molar-refractivity contribution in [3.05, 3.63) is 71.7 Å². The number of likely N-dealkylation sites (tertiary alicyclic amines) is 1. The summed E-state index contributed by atoms with van der Waals surface area (Å²) in [6.45, 7) is 7.69. The summed E-state index contributed by atoms with van der Waals surface area (Å²) in [6, 6.07) is 11.1. The van der Waals surface area contributed by atoms with Gasteiger partial charge in [0.05, 0.1) is 23.2 Å². The number of nitrogens with zero attached hydrogens (tertiary/aromatic N) is 7. The number of rotatable bonds is 11. The zero-order chi connectivity index (χ0) is 46.0. The summed E-state index contributed by atoms with van der Waals surface area (Å²) < 4.78 is 54.0. The first-order chi connectivity index (χ1) is 32.5. The molecule has 14 nitrogen and oxygen atoms in total.